The zero-order valence-electron chi connectivity index (χ0n) is 14.1. The minimum Gasteiger partial charge on any atom is -0.466 e. The molecule has 2 heterocycles. The highest BCUT2D eigenvalue weighted by Crippen LogP contribution is 2.21. The fraction of sp³-hybridized carbons (Fsp3) is 0.263. The Labute approximate surface area is 141 Å². The van der Waals surface area contributed by atoms with E-state index in [1.165, 1.54) is 0 Å². The second kappa shape index (κ2) is 6.74. The van der Waals surface area contributed by atoms with Crippen LogP contribution in [-0.4, -0.2) is 15.7 Å². The normalized spacial score (nSPS) is 12.1. The van der Waals surface area contributed by atoms with Crippen molar-refractivity contribution in [3.63, 3.8) is 0 Å². The van der Waals surface area contributed by atoms with Crippen molar-refractivity contribution >= 4 is 5.91 Å². The number of aryl methyl sites for hydroxylation is 2. The van der Waals surface area contributed by atoms with E-state index in [0.717, 1.165) is 22.6 Å². The molecule has 1 aromatic carbocycles. The molecule has 5 nitrogen and oxygen atoms in total. The molecule has 1 atom stereocenters. The van der Waals surface area contributed by atoms with Gasteiger partial charge in [-0.2, -0.15) is 5.10 Å². The van der Waals surface area contributed by atoms with Gasteiger partial charge in [-0.3, -0.25) is 9.48 Å². The number of hydrogen-bond donors (Lipinski definition) is 1. The number of furan rings is 1. The van der Waals surface area contributed by atoms with E-state index in [4.69, 9.17) is 4.42 Å². The van der Waals surface area contributed by atoms with Crippen LogP contribution in [0.5, 0.6) is 0 Å². The fourth-order valence-corrected chi connectivity index (χ4v) is 2.78. The lowest BCUT2D eigenvalue weighted by atomic mass is 10.1. The van der Waals surface area contributed by atoms with Gasteiger partial charge in [-0.05, 0) is 32.4 Å². The first-order valence-corrected chi connectivity index (χ1v) is 7.97. The predicted molar refractivity (Wildman–Crippen MR) is 91.8 cm³/mol. The van der Waals surface area contributed by atoms with Gasteiger partial charge in [0.15, 0.2) is 0 Å². The van der Waals surface area contributed by atoms with Gasteiger partial charge in [0.05, 0.1) is 24.3 Å². The fourth-order valence-electron chi connectivity index (χ4n) is 2.78. The second-order valence-corrected chi connectivity index (χ2v) is 5.98. The Morgan fingerprint density at radius 3 is 2.71 bits per heavy atom. The van der Waals surface area contributed by atoms with Gasteiger partial charge in [0.1, 0.15) is 11.5 Å². The van der Waals surface area contributed by atoms with Gasteiger partial charge in [0, 0.05) is 11.8 Å². The van der Waals surface area contributed by atoms with Crippen molar-refractivity contribution in [3.8, 4) is 0 Å². The molecular formula is C19H21N3O2. The quantitative estimate of drug-likeness (QED) is 0.780. The van der Waals surface area contributed by atoms with E-state index in [9.17, 15) is 4.79 Å². The summed E-state index contributed by atoms with van der Waals surface area (Å²) in [6, 6.07) is 11.9. The third-order valence-corrected chi connectivity index (χ3v) is 3.98. The van der Waals surface area contributed by atoms with Crippen LogP contribution >= 0.6 is 0 Å². The molecule has 24 heavy (non-hydrogen) atoms. The number of hydrogen-bond acceptors (Lipinski definition) is 3. The predicted octanol–water partition coefficient (Wildman–Crippen LogP) is 3.63. The van der Waals surface area contributed by atoms with Gasteiger partial charge < -0.3 is 9.73 Å². The molecule has 3 rings (SSSR count). The first kappa shape index (κ1) is 16.1. The van der Waals surface area contributed by atoms with E-state index in [-0.39, 0.29) is 11.9 Å². The van der Waals surface area contributed by atoms with Crippen LogP contribution in [-0.2, 0) is 6.54 Å². The van der Waals surface area contributed by atoms with Crippen molar-refractivity contribution in [1.29, 1.82) is 0 Å². The molecular weight excluding hydrogens is 302 g/mol. The van der Waals surface area contributed by atoms with Gasteiger partial charge in [-0.1, -0.05) is 30.3 Å². The first-order chi connectivity index (χ1) is 11.5. The highest BCUT2D eigenvalue weighted by atomic mass is 16.3. The van der Waals surface area contributed by atoms with Crippen LogP contribution < -0.4 is 5.32 Å². The van der Waals surface area contributed by atoms with Crippen molar-refractivity contribution in [2.45, 2.75) is 33.4 Å². The molecule has 0 aliphatic rings. The molecule has 0 radical (unpaired) electrons. The van der Waals surface area contributed by atoms with Crippen molar-refractivity contribution in [1.82, 2.24) is 15.1 Å². The zero-order chi connectivity index (χ0) is 17.1. The Morgan fingerprint density at radius 2 is 2.04 bits per heavy atom. The highest BCUT2D eigenvalue weighted by molar-refractivity contribution is 5.93. The number of rotatable bonds is 5. The summed E-state index contributed by atoms with van der Waals surface area (Å²) in [6.45, 7) is 6.40. The molecule has 0 saturated carbocycles. The summed E-state index contributed by atoms with van der Waals surface area (Å²) in [4.78, 5) is 12.4. The van der Waals surface area contributed by atoms with Crippen molar-refractivity contribution in [2.24, 2.45) is 0 Å². The number of amides is 1. The smallest absolute Gasteiger partial charge is 0.254 e. The molecule has 0 spiro atoms. The average molecular weight is 323 g/mol. The molecule has 0 aliphatic heterocycles. The molecule has 124 valence electrons. The third kappa shape index (κ3) is 3.56. The lowest BCUT2D eigenvalue weighted by molar-refractivity contribution is 0.0939. The van der Waals surface area contributed by atoms with E-state index < -0.39 is 0 Å². The van der Waals surface area contributed by atoms with Gasteiger partial charge >= 0.3 is 0 Å². The van der Waals surface area contributed by atoms with Crippen LogP contribution in [0.25, 0.3) is 0 Å². The van der Waals surface area contributed by atoms with Crippen molar-refractivity contribution in [3.05, 3.63) is 77.0 Å². The summed E-state index contributed by atoms with van der Waals surface area (Å²) in [5, 5.41) is 7.26. The van der Waals surface area contributed by atoms with Crippen molar-refractivity contribution in [2.75, 3.05) is 0 Å². The highest BCUT2D eigenvalue weighted by Gasteiger charge is 2.17. The molecule has 0 saturated heterocycles. The van der Waals surface area contributed by atoms with Crippen LogP contribution in [0.2, 0.25) is 0 Å². The molecule has 0 fully saturated rings. The molecule has 0 aliphatic carbocycles. The van der Waals surface area contributed by atoms with Crippen molar-refractivity contribution < 1.29 is 9.21 Å². The monoisotopic (exact) mass is 323 g/mol. The Kier molecular flexibility index (Phi) is 4.51. The Bertz CT molecular complexity index is 833. The van der Waals surface area contributed by atoms with E-state index in [0.29, 0.717) is 12.1 Å². The second-order valence-electron chi connectivity index (χ2n) is 5.98. The summed E-state index contributed by atoms with van der Waals surface area (Å²) < 4.78 is 7.29. The van der Waals surface area contributed by atoms with Crippen LogP contribution in [0.15, 0.2) is 53.2 Å². The average Bonchev–Trinajstić information content (AvgIpc) is 3.14. The minimum absolute atomic E-state index is 0.118. The number of aromatic nitrogens is 2. The number of carbonyl (C=O) groups is 1. The summed E-state index contributed by atoms with van der Waals surface area (Å²) in [5.74, 6) is 1.54. The number of benzene rings is 1. The maximum absolute atomic E-state index is 12.4. The van der Waals surface area contributed by atoms with E-state index in [1.807, 2.05) is 57.2 Å². The SMILES string of the molecule is Cc1cc([C@@H](C)NC(=O)c2cnn(Cc3ccccc3)c2)c(C)o1. The number of nitrogens with zero attached hydrogens (tertiary/aromatic N) is 2. The van der Waals surface area contributed by atoms with Gasteiger partial charge in [-0.25, -0.2) is 0 Å². The Balaban J connectivity index is 1.66. The number of carbonyl (C=O) groups excluding carboxylic acids is 1. The summed E-state index contributed by atoms with van der Waals surface area (Å²) in [7, 11) is 0. The van der Waals surface area contributed by atoms with E-state index >= 15 is 0 Å². The first-order valence-electron chi connectivity index (χ1n) is 7.97. The topological polar surface area (TPSA) is 60.1 Å². The molecule has 1 amide bonds. The lowest BCUT2D eigenvalue weighted by Crippen LogP contribution is -2.26. The zero-order valence-corrected chi connectivity index (χ0v) is 14.1. The standard InChI is InChI=1S/C19H21N3O2/c1-13-9-18(15(3)24-13)14(2)21-19(23)17-10-20-22(12-17)11-16-7-5-4-6-8-16/h4-10,12,14H,11H2,1-3H3,(H,21,23)/t14-/m1/s1. The maximum Gasteiger partial charge on any atom is 0.254 e. The lowest BCUT2D eigenvalue weighted by Gasteiger charge is -2.12. The van der Waals surface area contributed by atoms with E-state index in [1.54, 1.807) is 17.1 Å². The molecule has 3 aromatic rings. The largest absolute Gasteiger partial charge is 0.466 e. The van der Waals surface area contributed by atoms with E-state index in [2.05, 4.69) is 10.4 Å². The molecule has 0 bridgehead atoms. The minimum atomic E-state index is -0.139. The summed E-state index contributed by atoms with van der Waals surface area (Å²) in [6.07, 6.45) is 3.36. The van der Waals surface area contributed by atoms with Gasteiger partial charge in [0.25, 0.3) is 5.91 Å². The molecule has 5 heteroatoms. The summed E-state index contributed by atoms with van der Waals surface area (Å²) >= 11 is 0. The molecule has 1 N–H and O–H groups in total. The Morgan fingerprint density at radius 1 is 1.29 bits per heavy atom. The van der Waals surface area contributed by atoms with Crippen LogP contribution in [0, 0.1) is 13.8 Å². The van der Waals surface area contributed by atoms with Gasteiger partial charge in [-0.15, -0.1) is 0 Å². The number of nitrogens with one attached hydrogen (secondary N) is 1. The summed E-state index contributed by atoms with van der Waals surface area (Å²) in [5.41, 5.74) is 2.69. The molecule has 0 unspecified atom stereocenters. The van der Waals surface area contributed by atoms with Crippen LogP contribution in [0.4, 0.5) is 0 Å². The van der Waals surface area contributed by atoms with Gasteiger partial charge in [0.2, 0.25) is 0 Å². The maximum atomic E-state index is 12.4. The Hall–Kier alpha value is -2.82. The van der Waals surface area contributed by atoms with Crippen LogP contribution in [0.1, 0.15) is 46.0 Å². The van der Waals surface area contributed by atoms with Crippen LogP contribution in [0.3, 0.4) is 0 Å². The molecule has 2 aromatic heterocycles. The third-order valence-electron chi connectivity index (χ3n) is 3.98.